The van der Waals surface area contributed by atoms with E-state index in [1.165, 1.54) is 17.5 Å². The van der Waals surface area contributed by atoms with E-state index < -0.39 is 0 Å². The van der Waals surface area contributed by atoms with Crippen molar-refractivity contribution in [1.29, 1.82) is 0 Å². The first-order valence-electron chi connectivity index (χ1n) is 6.08. The molecule has 0 atom stereocenters. The standard InChI is InChI=1S/C9H10O.C7H8.CH4.B/c1-2-6-9-8(4-1)5-3-7-10-9;1-7-5-3-2-4-6-7;;/h1-2,4,6H,3,5,7H2;2-6H,1H3;1H4;. The number of fused-ring (bicyclic) bond motifs is 1. The second kappa shape index (κ2) is 9.26. The van der Waals surface area contributed by atoms with Crippen molar-refractivity contribution in [3.63, 3.8) is 0 Å². The summed E-state index contributed by atoms with van der Waals surface area (Å²) in [7, 11) is 0. The lowest BCUT2D eigenvalue weighted by Crippen LogP contribution is -2.07. The van der Waals surface area contributed by atoms with Gasteiger partial charge in [-0.25, -0.2) is 0 Å². The van der Waals surface area contributed by atoms with Crippen molar-refractivity contribution >= 4 is 8.41 Å². The topological polar surface area (TPSA) is 9.23 Å². The molecule has 0 bridgehead atoms. The molecule has 0 aromatic heterocycles. The maximum absolute atomic E-state index is 5.42. The SMILES string of the molecule is C.Cc1ccccc1.[B].c1ccc2c(c1)CCCO2. The lowest BCUT2D eigenvalue weighted by atomic mass is 10.1. The van der Waals surface area contributed by atoms with Gasteiger partial charge in [0.1, 0.15) is 5.75 Å². The number of hydrogen-bond acceptors (Lipinski definition) is 1. The Morgan fingerprint density at radius 1 is 0.895 bits per heavy atom. The zero-order chi connectivity index (χ0) is 11.9. The van der Waals surface area contributed by atoms with E-state index in [1.54, 1.807) is 0 Å². The van der Waals surface area contributed by atoms with Crippen molar-refractivity contribution in [3.05, 3.63) is 65.7 Å². The van der Waals surface area contributed by atoms with E-state index in [4.69, 9.17) is 4.74 Å². The number of ether oxygens (including phenoxy) is 1. The van der Waals surface area contributed by atoms with Gasteiger partial charge in [0.05, 0.1) is 6.61 Å². The molecule has 19 heavy (non-hydrogen) atoms. The van der Waals surface area contributed by atoms with Crippen molar-refractivity contribution in [3.8, 4) is 5.75 Å². The normalized spacial score (nSPS) is 11.4. The van der Waals surface area contributed by atoms with E-state index in [0.717, 1.165) is 18.8 Å². The quantitative estimate of drug-likeness (QED) is 0.637. The van der Waals surface area contributed by atoms with Gasteiger partial charge in [0.2, 0.25) is 0 Å². The molecule has 1 aliphatic rings. The van der Waals surface area contributed by atoms with Crippen LogP contribution in [-0.4, -0.2) is 15.0 Å². The van der Waals surface area contributed by atoms with Gasteiger partial charge in [0.25, 0.3) is 0 Å². The first-order chi connectivity index (χ1) is 8.36. The van der Waals surface area contributed by atoms with Crippen molar-refractivity contribution in [2.45, 2.75) is 27.2 Å². The Bertz CT molecular complexity index is 429. The summed E-state index contributed by atoms with van der Waals surface area (Å²) in [5.41, 5.74) is 2.68. The summed E-state index contributed by atoms with van der Waals surface area (Å²) in [4.78, 5) is 0. The molecule has 0 N–H and O–H groups in total. The Morgan fingerprint density at radius 2 is 1.53 bits per heavy atom. The second-order valence-corrected chi connectivity index (χ2v) is 4.21. The van der Waals surface area contributed by atoms with Crippen molar-refractivity contribution in [1.82, 2.24) is 0 Å². The molecular formula is C17H22BO. The number of hydrogen-bond donors (Lipinski definition) is 0. The molecule has 0 amide bonds. The zero-order valence-corrected chi connectivity index (χ0v) is 10.8. The molecule has 2 aromatic rings. The van der Waals surface area contributed by atoms with E-state index in [9.17, 15) is 0 Å². The smallest absolute Gasteiger partial charge is 0.122 e. The van der Waals surface area contributed by atoms with E-state index in [2.05, 4.69) is 31.2 Å². The number of aryl methyl sites for hydroxylation is 2. The van der Waals surface area contributed by atoms with Gasteiger partial charge < -0.3 is 4.74 Å². The highest BCUT2D eigenvalue weighted by atomic mass is 16.5. The first-order valence-corrected chi connectivity index (χ1v) is 6.08. The summed E-state index contributed by atoms with van der Waals surface area (Å²) < 4.78 is 5.42. The third-order valence-corrected chi connectivity index (χ3v) is 2.76. The number of rotatable bonds is 0. The maximum atomic E-state index is 5.42. The van der Waals surface area contributed by atoms with Crippen LogP contribution in [0.2, 0.25) is 0 Å². The van der Waals surface area contributed by atoms with Gasteiger partial charge in [-0.15, -0.1) is 0 Å². The molecule has 0 spiro atoms. The predicted octanol–water partition coefficient (Wildman–Crippen LogP) is 4.26. The van der Waals surface area contributed by atoms with Gasteiger partial charge in [-0.1, -0.05) is 61.5 Å². The lowest BCUT2D eigenvalue weighted by Gasteiger charge is -2.15. The monoisotopic (exact) mass is 253 g/mol. The van der Waals surface area contributed by atoms with Crippen molar-refractivity contribution in [2.75, 3.05) is 6.61 Å². The second-order valence-electron chi connectivity index (χ2n) is 4.21. The van der Waals surface area contributed by atoms with Gasteiger partial charge in [-0.3, -0.25) is 0 Å². The van der Waals surface area contributed by atoms with Gasteiger partial charge in [0, 0.05) is 8.41 Å². The third kappa shape index (κ3) is 5.65. The predicted molar refractivity (Wildman–Crippen MR) is 83.9 cm³/mol. The maximum Gasteiger partial charge on any atom is 0.122 e. The van der Waals surface area contributed by atoms with Crippen LogP contribution in [0.15, 0.2) is 54.6 Å². The lowest BCUT2D eigenvalue weighted by molar-refractivity contribution is 0.288. The molecule has 1 heterocycles. The molecule has 3 rings (SSSR count). The van der Waals surface area contributed by atoms with Crippen LogP contribution in [0, 0.1) is 6.92 Å². The van der Waals surface area contributed by atoms with Crippen LogP contribution in [0.1, 0.15) is 25.0 Å². The summed E-state index contributed by atoms with van der Waals surface area (Å²) >= 11 is 0. The molecule has 0 saturated heterocycles. The summed E-state index contributed by atoms with van der Waals surface area (Å²) in [5, 5.41) is 0. The molecule has 3 radical (unpaired) electrons. The van der Waals surface area contributed by atoms with Crippen LogP contribution in [-0.2, 0) is 6.42 Å². The van der Waals surface area contributed by atoms with Gasteiger partial charge in [0.15, 0.2) is 0 Å². The fraction of sp³-hybridized carbons (Fsp3) is 0.294. The summed E-state index contributed by atoms with van der Waals surface area (Å²) in [6.07, 6.45) is 2.34. The Kier molecular flexibility index (Phi) is 8.44. The number of para-hydroxylation sites is 1. The van der Waals surface area contributed by atoms with Crippen molar-refractivity contribution < 1.29 is 4.74 Å². The molecular weight excluding hydrogens is 231 g/mol. The fourth-order valence-electron chi connectivity index (χ4n) is 1.83. The molecule has 0 unspecified atom stereocenters. The van der Waals surface area contributed by atoms with Crippen LogP contribution < -0.4 is 4.74 Å². The summed E-state index contributed by atoms with van der Waals surface area (Å²) in [6, 6.07) is 18.5. The molecule has 1 nitrogen and oxygen atoms in total. The van der Waals surface area contributed by atoms with E-state index in [-0.39, 0.29) is 15.8 Å². The van der Waals surface area contributed by atoms with Gasteiger partial charge in [-0.2, -0.15) is 0 Å². The highest BCUT2D eigenvalue weighted by Gasteiger charge is 2.06. The summed E-state index contributed by atoms with van der Waals surface area (Å²) in [6.45, 7) is 2.97. The Morgan fingerprint density at radius 3 is 2.11 bits per heavy atom. The van der Waals surface area contributed by atoms with Crippen LogP contribution >= 0.6 is 0 Å². The fourth-order valence-corrected chi connectivity index (χ4v) is 1.83. The molecule has 0 saturated carbocycles. The van der Waals surface area contributed by atoms with Crippen LogP contribution in [0.25, 0.3) is 0 Å². The van der Waals surface area contributed by atoms with Gasteiger partial charge >= 0.3 is 0 Å². The average Bonchev–Trinajstić information content (AvgIpc) is 2.41. The Balaban J connectivity index is 0.000000325. The average molecular weight is 253 g/mol. The highest BCUT2D eigenvalue weighted by molar-refractivity contribution is 5.75. The molecule has 1 aliphatic heterocycles. The van der Waals surface area contributed by atoms with Gasteiger partial charge in [-0.05, 0) is 31.4 Å². The van der Waals surface area contributed by atoms with E-state index in [1.807, 2.05) is 30.3 Å². The van der Waals surface area contributed by atoms with Crippen molar-refractivity contribution in [2.24, 2.45) is 0 Å². The largest absolute Gasteiger partial charge is 0.493 e. The molecule has 99 valence electrons. The Hall–Kier alpha value is -1.70. The van der Waals surface area contributed by atoms with Crippen LogP contribution in [0.5, 0.6) is 5.75 Å². The van der Waals surface area contributed by atoms with Crippen LogP contribution in [0.3, 0.4) is 0 Å². The first kappa shape index (κ1) is 17.3. The molecule has 0 aliphatic carbocycles. The van der Waals surface area contributed by atoms with E-state index in [0.29, 0.717) is 0 Å². The molecule has 0 fully saturated rings. The van der Waals surface area contributed by atoms with E-state index >= 15 is 0 Å². The zero-order valence-electron chi connectivity index (χ0n) is 10.8. The minimum Gasteiger partial charge on any atom is -0.493 e. The highest BCUT2D eigenvalue weighted by Crippen LogP contribution is 2.23. The van der Waals surface area contributed by atoms with Crippen LogP contribution in [0.4, 0.5) is 0 Å². The minimum atomic E-state index is 0. The third-order valence-electron chi connectivity index (χ3n) is 2.76. The molecule has 2 aromatic carbocycles. The summed E-state index contributed by atoms with van der Waals surface area (Å²) in [5.74, 6) is 1.08. The minimum absolute atomic E-state index is 0. The molecule has 2 heteroatoms. The number of benzene rings is 2. The Labute approximate surface area is 119 Å².